The molecule has 0 amide bonds. The predicted molar refractivity (Wildman–Crippen MR) is 155 cm³/mol. The van der Waals surface area contributed by atoms with Crippen molar-refractivity contribution >= 4 is 17.8 Å². The van der Waals surface area contributed by atoms with Gasteiger partial charge in [0.2, 0.25) is 11.6 Å². The summed E-state index contributed by atoms with van der Waals surface area (Å²) in [6.45, 7) is 5.05. The fourth-order valence-electron chi connectivity index (χ4n) is 5.21. The van der Waals surface area contributed by atoms with Gasteiger partial charge in [-0.1, -0.05) is 24.3 Å². The average molecular weight is 589 g/mol. The van der Waals surface area contributed by atoms with Crippen molar-refractivity contribution in [3.63, 3.8) is 0 Å². The zero-order valence-electron chi connectivity index (χ0n) is 23.6. The molecule has 1 atom stereocenters. The minimum Gasteiger partial charge on any atom is -0.497 e. The second-order valence-corrected chi connectivity index (χ2v) is 9.24. The van der Waals surface area contributed by atoms with E-state index in [0.717, 1.165) is 34.8 Å². The molecule has 1 unspecified atom stereocenters. The Morgan fingerprint density at radius 3 is 2.27 bits per heavy atom. The maximum absolute atomic E-state index is 10.3. The molecule has 1 aliphatic rings. The number of fused-ring (bicyclic) bond motifs is 1. The Labute approximate surface area is 246 Å². The monoisotopic (exact) mass is 588 g/mol. The second kappa shape index (κ2) is 13.4. The Hall–Kier alpha value is -3.95. The van der Waals surface area contributed by atoms with Crippen molar-refractivity contribution in [2.24, 2.45) is 10.2 Å². The first-order valence-corrected chi connectivity index (χ1v) is 12.7. The molecule has 9 heteroatoms. The Balaban J connectivity index is 0.00000441. The van der Waals surface area contributed by atoms with Gasteiger partial charge in [0.05, 0.1) is 34.7 Å². The van der Waals surface area contributed by atoms with Crippen LogP contribution in [0.2, 0.25) is 0 Å². The van der Waals surface area contributed by atoms with Crippen molar-refractivity contribution in [2.75, 3.05) is 39.9 Å². The third-order valence-electron chi connectivity index (χ3n) is 7.07. The van der Waals surface area contributed by atoms with E-state index in [1.54, 1.807) is 46.8 Å². The van der Waals surface area contributed by atoms with Gasteiger partial charge in [0.25, 0.3) is 0 Å². The maximum Gasteiger partial charge on any atom is 0.238 e. The fourth-order valence-corrected chi connectivity index (χ4v) is 5.21. The number of hydrogen-bond donors (Lipinski definition) is 1. The zero-order chi connectivity index (χ0) is 28.0. The summed E-state index contributed by atoms with van der Waals surface area (Å²) in [6, 6.07) is 19.2. The Kier molecular flexibility index (Phi) is 10.3. The van der Waals surface area contributed by atoms with Crippen molar-refractivity contribution in [1.29, 1.82) is 0 Å². The Bertz CT molecular complexity index is 1410. The van der Waals surface area contributed by atoms with E-state index in [9.17, 15) is 5.11 Å². The van der Waals surface area contributed by atoms with Crippen molar-refractivity contribution in [2.45, 2.75) is 25.7 Å². The summed E-state index contributed by atoms with van der Waals surface area (Å²) in [4.78, 5) is 2.26. The number of hydrogen-bond acceptors (Lipinski definition) is 7. The van der Waals surface area contributed by atoms with Crippen molar-refractivity contribution in [1.82, 2.24) is 0 Å². The zero-order valence-corrected chi connectivity index (χ0v) is 24.6. The van der Waals surface area contributed by atoms with E-state index in [1.165, 1.54) is 0 Å². The van der Waals surface area contributed by atoms with Crippen molar-refractivity contribution in [3.8, 4) is 23.0 Å². The van der Waals surface area contributed by atoms with Crippen LogP contribution in [0.5, 0.6) is 23.0 Å². The van der Waals surface area contributed by atoms with Crippen molar-refractivity contribution < 1.29 is 40.8 Å². The molecule has 3 aromatic rings. The predicted octanol–water partition coefficient (Wildman–Crippen LogP) is 5.93. The number of anilines is 1. The quantitative estimate of drug-likeness (QED) is 0.180. The number of nitrogens with zero attached hydrogens (tertiary/aromatic N) is 3. The van der Waals surface area contributed by atoms with E-state index in [0.29, 0.717) is 29.2 Å². The molecule has 0 fully saturated rings. The van der Waals surface area contributed by atoms with Crippen LogP contribution in [0.4, 0.5) is 5.69 Å². The molecule has 1 heterocycles. The molecule has 0 aromatic heterocycles. The van der Waals surface area contributed by atoms with Crippen LogP contribution in [0.3, 0.4) is 0 Å². The topological polar surface area (TPSA) is 85.1 Å². The largest absolute Gasteiger partial charge is 0.497 e. The number of methoxy groups -OCH3 is 4. The number of aliphatic hydroxyl groups is 1. The molecule has 0 saturated heterocycles. The van der Waals surface area contributed by atoms with Crippen molar-refractivity contribution in [3.05, 3.63) is 89.1 Å². The number of aliphatic hydroxyl groups excluding tert-OH is 1. The van der Waals surface area contributed by atoms with Crippen LogP contribution in [0.25, 0.3) is 0 Å². The number of likely N-dealkylation sites (N-methyl/N-ethyl adjacent to an activating group) is 1. The third kappa shape index (κ3) is 5.80. The summed E-state index contributed by atoms with van der Waals surface area (Å²) in [5.74, 6) is 2.42. The van der Waals surface area contributed by atoms with Gasteiger partial charge < -0.3 is 29.0 Å². The molecule has 1 N–H and O–H groups in total. The molecule has 0 aliphatic carbocycles. The van der Waals surface area contributed by atoms with Crippen LogP contribution in [0, 0.1) is 0 Å². The molecular weight excluding hydrogens is 553 g/mol. The summed E-state index contributed by atoms with van der Waals surface area (Å²) in [5, 5.41) is 18.5. The minimum absolute atomic E-state index is 0. The number of ether oxygens (including phenoxy) is 4. The van der Waals surface area contributed by atoms with Gasteiger partial charge >= 0.3 is 0 Å². The van der Waals surface area contributed by atoms with Gasteiger partial charge in [-0.2, -0.15) is 5.10 Å². The molecule has 1 aliphatic heterocycles. The molecule has 213 valence electrons. The maximum atomic E-state index is 10.3. The van der Waals surface area contributed by atoms with Gasteiger partial charge in [-0.3, -0.25) is 0 Å². The normalized spacial score (nSPS) is 17.5. The van der Waals surface area contributed by atoms with Gasteiger partial charge in [0.15, 0.2) is 11.5 Å². The van der Waals surface area contributed by atoms with E-state index in [4.69, 9.17) is 18.9 Å². The van der Waals surface area contributed by atoms with E-state index in [2.05, 4.69) is 41.1 Å². The third-order valence-corrected chi connectivity index (χ3v) is 7.07. The van der Waals surface area contributed by atoms with Gasteiger partial charge in [-0.15, -0.1) is 5.10 Å². The van der Waals surface area contributed by atoms with Crippen LogP contribution in [0.15, 0.2) is 82.6 Å². The Morgan fingerprint density at radius 2 is 1.65 bits per heavy atom. The summed E-state index contributed by atoms with van der Waals surface area (Å²) < 4.78 is 22.6. The first-order valence-electron chi connectivity index (χ1n) is 12.7. The number of benzene rings is 3. The molecular formula is C31H35CoN3O5. The van der Waals surface area contributed by atoms with Gasteiger partial charge in [-0.25, -0.2) is 0 Å². The van der Waals surface area contributed by atoms with E-state index in [1.807, 2.05) is 42.5 Å². The smallest absolute Gasteiger partial charge is 0.238 e. The molecule has 3 aromatic carbocycles. The SMILES string of the molecule is CCN1\C(=C/C=N/N=C(\O)c2ccccc2)C(C)(Cc2ccc(OC)c(OC)c2OC)c2cc(OC)ccc21.[Co]. The van der Waals surface area contributed by atoms with Gasteiger partial charge in [0, 0.05) is 45.7 Å². The molecule has 8 nitrogen and oxygen atoms in total. The fraction of sp³-hybridized carbons (Fsp3) is 0.290. The average Bonchev–Trinajstić information content (AvgIpc) is 3.21. The van der Waals surface area contributed by atoms with E-state index < -0.39 is 5.41 Å². The van der Waals surface area contributed by atoms with E-state index >= 15 is 0 Å². The Morgan fingerprint density at radius 1 is 0.925 bits per heavy atom. The van der Waals surface area contributed by atoms with Gasteiger partial charge in [0.1, 0.15) is 5.75 Å². The molecule has 40 heavy (non-hydrogen) atoms. The second-order valence-electron chi connectivity index (χ2n) is 9.24. The first-order chi connectivity index (χ1) is 18.9. The minimum atomic E-state index is -0.482. The number of rotatable bonds is 10. The van der Waals surface area contributed by atoms with Crippen LogP contribution >= 0.6 is 0 Å². The van der Waals surface area contributed by atoms with Crippen LogP contribution in [-0.4, -0.2) is 52.2 Å². The summed E-state index contributed by atoms with van der Waals surface area (Å²) >= 11 is 0. The summed E-state index contributed by atoms with van der Waals surface area (Å²) in [6.07, 6.45) is 4.17. The molecule has 0 bridgehead atoms. The van der Waals surface area contributed by atoms with Crippen LogP contribution in [0.1, 0.15) is 30.5 Å². The molecule has 1 radical (unpaired) electrons. The van der Waals surface area contributed by atoms with E-state index in [-0.39, 0.29) is 22.7 Å². The van der Waals surface area contributed by atoms with Crippen LogP contribution in [-0.2, 0) is 28.6 Å². The van der Waals surface area contributed by atoms with Gasteiger partial charge in [-0.05, 0) is 73.9 Å². The number of allylic oxidation sites excluding steroid dienone is 2. The first kappa shape index (κ1) is 30.6. The van der Waals surface area contributed by atoms with Crippen LogP contribution < -0.4 is 23.8 Å². The standard InChI is InChI=1S/C31H35N3O5.Co/c1-7-34-25-15-14-23(36-3)19-24(25)31(2,20-22-13-16-26(37-4)29(39-6)28(22)38-5)27(34)17-18-32-33-30(35)21-11-9-8-10-12-21;/h8-19H,7,20H2,1-6H3,(H,33,35);/b27-17-,32-18+;. The molecule has 0 spiro atoms. The molecule has 4 rings (SSSR count). The summed E-state index contributed by atoms with van der Waals surface area (Å²) in [7, 11) is 6.51. The summed E-state index contributed by atoms with van der Waals surface area (Å²) in [5.41, 5.74) is 4.33. The molecule has 0 saturated carbocycles.